The molecule has 0 saturated carbocycles. The number of nitrogens with one attached hydrogen (secondary N) is 1. The molecule has 1 aliphatic rings. The van der Waals surface area contributed by atoms with Gasteiger partial charge in [-0.05, 0) is 23.8 Å². The molecule has 0 aromatic carbocycles. The molecule has 0 aliphatic carbocycles. The van der Waals surface area contributed by atoms with E-state index in [1.807, 2.05) is 12.1 Å². The van der Waals surface area contributed by atoms with Gasteiger partial charge in [0, 0.05) is 45.3 Å². The minimum absolute atomic E-state index is 0.111. The highest BCUT2D eigenvalue weighted by Gasteiger charge is 2.30. The van der Waals surface area contributed by atoms with E-state index in [-0.39, 0.29) is 23.1 Å². The first-order valence-electron chi connectivity index (χ1n) is 7.26. The summed E-state index contributed by atoms with van der Waals surface area (Å²) in [4.78, 5) is 30.9. The molecule has 3 rings (SSSR count). The normalized spacial score (nSPS) is 18.2. The maximum absolute atomic E-state index is 12.8. The molecular weight excluding hydrogens is 280 g/mol. The maximum atomic E-state index is 12.8. The number of hydrogen-bond donors (Lipinski definition) is 1. The Morgan fingerprint density at radius 2 is 2.23 bits per heavy atom. The number of carbonyl (C=O) groups excluding carboxylic acids is 1. The SMILES string of the molecule is Cn1cccc(C(=O)N2CCNCC2c2cccnc2)c1=O. The fraction of sp³-hybridized carbons (Fsp3) is 0.312. The molecular formula is C16H18N4O2. The number of rotatable bonds is 2. The van der Waals surface area contributed by atoms with Crippen molar-refractivity contribution in [1.29, 1.82) is 0 Å². The summed E-state index contributed by atoms with van der Waals surface area (Å²) in [6, 6.07) is 7.00. The van der Waals surface area contributed by atoms with Crippen molar-refractivity contribution in [2.24, 2.45) is 7.05 Å². The molecule has 0 radical (unpaired) electrons. The van der Waals surface area contributed by atoms with Gasteiger partial charge < -0.3 is 14.8 Å². The van der Waals surface area contributed by atoms with E-state index in [0.717, 1.165) is 12.1 Å². The standard InChI is InChI=1S/C16H18N4O2/c1-19-8-3-5-13(15(19)21)16(22)20-9-7-18-11-14(20)12-4-2-6-17-10-12/h2-6,8,10,14,18H,7,9,11H2,1H3. The number of nitrogens with zero attached hydrogens (tertiary/aromatic N) is 3. The van der Waals surface area contributed by atoms with Gasteiger partial charge in [-0.1, -0.05) is 6.07 Å². The van der Waals surface area contributed by atoms with E-state index in [1.54, 1.807) is 42.7 Å². The minimum atomic E-state index is -0.268. The van der Waals surface area contributed by atoms with Crippen molar-refractivity contribution in [1.82, 2.24) is 19.8 Å². The Morgan fingerprint density at radius 1 is 1.36 bits per heavy atom. The first-order valence-corrected chi connectivity index (χ1v) is 7.26. The summed E-state index contributed by atoms with van der Waals surface area (Å²) in [5.41, 5.74) is 0.910. The van der Waals surface area contributed by atoms with Crippen LogP contribution in [0.2, 0.25) is 0 Å². The molecule has 1 atom stereocenters. The molecule has 2 aromatic heterocycles. The van der Waals surface area contributed by atoms with Gasteiger partial charge in [0.05, 0.1) is 6.04 Å². The van der Waals surface area contributed by atoms with E-state index < -0.39 is 0 Å². The van der Waals surface area contributed by atoms with Crippen LogP contribution in [0.4, 0.5) is 0 Å². The van der Waals surface area contributed by atoms with Gasteiger partial charge in [0.1, 0.15) is 5.56 Å². The average Bonchev–Trinajstić information content (AvgIpc) is 2.57. The zero-order valence-electron chi connectivity index (χ0n) is 12.4. The van der Waals surface area contributed by atoms with Crippen LogP contribution in [0.1, 0.15) is 22.0 Å². The Kier molecular flexibility index (Phi) is 4.02. The van der Waals surface area contributed by atoms with E-state index in [0.29, 0.717) is 13.1 Å². The van der Waals surface area contributed by atoms with Crippen LogP contribution in [0.5, 0.6) is 0 Å². The Bertz CT molecular complexity index is 726. The molecule has 22 heavy (non-hydrogen) atoms. The van der Waals surface area contributed by atoms with Crippen molar-refractivity contribution in [3.8, 4) is 0 Å². The number of hydrogen-bond acceptors (Lipinski definition) is 4. The molecule has 6 heteroatoms. The van der Waals surface area contributed by atoms with Crippen molar-refractivity contribution in [2.45, 2.75) is 6.04 Å². The highest BCUT2D eigenvalue weighted by Crippen LogP contribution is 2.22. The Labute approximate surface area is 128 Å². The third-order valence-electron chi connectivity index (χ3n) is 3.93. The van der Waals surface area contributed by atoms with Crippen molar-refractivity contribution in [2.75, 3.05) is 19.6 Å². The Morgan fingerprint density at radius 3 is 3.00 bits per heavy atom. The third-order valence-corrected chi connectivity index (χ3v) is 3.93. The van der Waals surface area contributed by atoms with Gasteiger partial charge in [0.2, 0.25) is 0 Å². The van der Waals surface area contributed by atoms with Crippen LogP contribution in [0.3, 0.4) is 0 Å². The van der Waals surface area contributed by atoms with Gasteiger partial charge in [-0.25, -0.2) is 0 Å². The zero-order valence-corrected chi connectivity index (χ0v) is 12.4. The minimum Gasteiger partial charge on any atom is -0.329 e. The smallest absolute Gasteiger partial charge is 0.263 e. The van der Waals surface area contributed by atoms with E-state index in [9.17, 15) is 9.59 Å². The number of pyridine rings is 2. The predicted molar refractivity (Wildman–Crippen MR) is 82.6 cm³/mol. The summed E-state index contributed by atoms with van der Waals surface area (Å²) in [6.07, 6.45) is 5.12. The first-order chi connectivity index (χ1) is 10.7. The largest absolute Gasteiger partial charge is 0.329 e. The Hall–Kier alpha value is -2.47. The van der Waals surface area contributed by atoms with Crippen LogP contribution < -0.4 is 10.9 Å². The topological polar surface area (TPSA) is 67.2 Å². The lowest BCUT2D eigenvalue weighted by Gasteiger charge is -2.36. The lowest BCUT2D eigenvalue weighted by molar-refractivity contribution is 0.0631. The Balaban J connectivity index is 1.95. The summed E-state index contributed by atoms with van der Waals surface area (Å²) >= 11 is 0. The van der Waals surface area contributed by atoms with E-state index >= 15 is 0 Å². The van der Waals surface area contributed by atoms with Gasteiger partial charge >= 0.3 is 0 Å². The molecule has 1 amide bonds. The summed E-state index contributed by atoms with van der Waals surface area (Å²) in [7, 11) is 1.65. The molecule has 1 aliphatic heterocycles. The molecule has 0 bridgehead atoms. The van der Waals surface area contributed by atoms with Crippen molar-refractivity contribution >= 4 is 5.91 Å². The van der Waals surface area contributed by atoms with Gasteiger partial charge in [-0.3, -0.25) is 14.6 Å². The van der Waals surface area contributed by atoms with Crippen LogP contribution >= 0.6 is 0 Å². The second-order valence-corrected chi connectivity index (χ2v) is 5.34. The molecule has 114 valence electrons. The number of aryl methyl sites for hydroxylation is 1. The second-order valence-electron chi connectivity index (χ2n) is 5.34. The molecule has 6 nitrogen and oxygen atoms in total. The molecule has 1 unspecified atom stereocenters. The van der Waals surface area contributed by atoms with Crippen LogP contribution in [0, 0.1) is 0 Å². The molecule has 2 aromatic rings. The molecule has 0 spiro atoms. The van der Waals surface area contributed by atoms with Crippen molar-refractivity contribution in [3.05, 3.63) is 64.3 Å². The van der Waals surface area contributed by atoms with Crippen molar-refractivity contribution < 1.29 is 4.79 Å². The summed E-state index contributed by atoms with van der Waals surface area (Å²) in [5.74, 6) is -0.225. The summed E-state index contributed by atoms with van der Waals surface area (Å²) < 4.78 is 1.43. The number of carbonyl (C=O) groups is 1. The van der Waals surface area contributed by atoms with Gasteiger partial charge in [-0.15, -0.1) is 0 Å². The van der Waals surface area contributed by atoms with Crippen LogP contribution in [-0.2, 0) is 7.05 Å². The van der Waals surface area contributed by atoms with Gasteiger partial charge in [0.15, 0.2) is 0 Å². The summed E-state index contributed by atoms with van der Waals surface area (Å²) in [6.45, 7) is 1.94. The van der Waals surface area contributed by atoms with Crippen LogP contribution in [0.15, 0.2) is 47.7 Å². The molecule has 1 saturated heterocycles. The van der Waals surface area contributed by atoms with Crippen LogP contribution in [0.25, 0.3) is 0 Å². The zero-order chi connectivity index (χ0) is 15.5. The second kappa shape index (κ2) is 6.11. The fourth-order valence-corrected chi connectivity index (χ4v) is 2.73. The predicted octanol–water partition coefficient (Wildman–Crippen LogP) is 0.567. The van der Waals surface area contributed by atoms with Crippen LogP contribution in [-0.4, -0.2) is 40.0 Å². The lowest BCUT2D eigenvalue weighted by atomic mass is 10.0. The van der Waals surface area contributed by atoms with Crippen molar-refractivity contribution in [3.63, 3.8) is 0 Å². The highest BCUT2D eigenvalue weighted by atomic mass is 16.2. The van der Waals surface area contributed by atoms with E-state index in [2.05, 4.69) is 10.3 Å². The molecule has 1 N–H and O–H groups in total. The number of piperazine rings is 1. The summed E-state index contributed by atoms with van der Waals surface area (Å²) in [5, 5.41) is 3.29. The fourth-order valence-electron chi connectivity index (χ4n) is 2.73. The van der Waals surface area contributed by atoms with E-state index in [4.69, 9.17) is 0 Å². The highest BCUT2D eigenvalue weighted by molar-refractivity contribution is 5.94. The van der Waals surface area contributed by atoms with E-state index in [1.165, 1.54) is 4.57 Å². The number of amides is 1. The molecule has 1 fully saturated rings. The third kappa shape index (κ3) is 2.65. The lowest BCUT2D eigenvalue weighted by Crippen LogP contribution is -2.49. The van der Waals surface area contributed by atoms with Gasteiger partial charge in [0.25, 0.3) is 11.5 Å². The van der Waals surface area contributed by atoms with Gasteiger partial charge in [-0.2, -0.15) is 0 Å². The monoisotopic (exact) mass is 298 g/mol. The maximum Gasteiger partial charge on any atom is 0.263 e. The quantitative estimate of drug-likeness (QED) is 0.880. The number of aromatic nitrogens is 2. The average molecular weight is 298 g/mol. The first kappa shape index (κ1) is 14.5. The molecule has 3 heterocycles.